The fourth-order valence-electron chi connectivity index (χ4n) is 2.57. The number of nitrogens with zero attached hydrogens (tertiary/aromatic N) is 3. The van der Waals surface area contributed by atoms with Crippen LogP contribution < -0.4 is 5.32 Å². The zero-order chi connectivity index (χ0) is 12.1. The summed E-state index contributed by atoms with van der Waals surface area (Å²) in [6.45, 7) is 4.85. The van der Waals surface area contributed by atoms with Crippen molar-refractivity contribution in [3.63, 3.8) is 0 Å². The second kappa shape index (κ2) is 6.12. The first-order valence-corrected chi connectivity index (χ1v) is 6.50. The highest BCUT2D eigenvalue weighted by atomic mass is 16.5. The lowest BCUT2D eigenvalue weighted by molar-refractivity contribution is 0.0534. The van der Waals surface area contributed by atoms with Gasteiger partial charge in [-0.25, -0.2) is 4.68 Å². The maximum Gasteiger partial charge on any atom is 0.0759 e. The number of hydrogen-bond donors (Lipinski definition) is 1. The molecule has 2 heterocycles. The van der Waals surface area contributed by atoms with Crippen LogP contribution >= 0.6 is 0 Å². The Kier molecular flexibility index (Phi) is 4.50. The lowest BCUT2D eigenvalue weighted by Crippen LogP contribution is -2.31. The molecule has 1 aliphatic rings. The van der Waals surface area contributed by atoms with Gasteiger partial charge in [0.15, 0.2) is 0 Å². The fourth-order valence-corrected chi connectivity index (χ4v) is 2.57. The number of aryl methyl sites for hydroxylation is 1. The summed E-state index contributed by atoms with van der Waals surface area (Å²) >= 11 is 0. The van der Waals surface area contributed by atoms with Crippen LogP contribution in [-0.4, -0.2) is 35.3 Å². The SMILES string of the molecule is CCCn1nncc1C(NC)C1CCOCC1. The number of rotatable bonds is 5. The summed E-state index contributed by atoms with van der Waals surface area (Å²) in [4.78, 5) is 0. The van der Waals surface area contributed by atoms with Crippen LogP contribution in [0.3, 0.4) is 0 Å². The fraction of sp³-hybridized carbons (Fsp3) is 0.833. The van der Waals surface area contributed by atoms with E-state index in [1.54, 1.807) is 0 Å². The number of hydrogen-bond acceptors (Lipinski definition) is 4. The molecule has 1 fully saturated rings. The molecule has 1 aliphatic heterocycles. The predicted molar refractivity (Wildman–Crippen MR) is 65.7 cm³/mol. The molecule has 0 saturated carbocycles. The van der Waals surface area contributed by atoms with Gasteiger partial charge in [-0.1, -0.05) is 12.1 Å². The first kappa shape index (κ1) is 12.5. The molecule has 5 nitrogen and oxygen atoms in total. The third kappa shape index (κ3) is 2.84. The lowest BCUT2D eigenvalue weighted by Gasteiger charge is -2.30. The Hall–Kier alpha value is -0.940. The largest absolute Gasteiger partial charge is 0.381 e. The Morgan fingerprint density at radius 1 is 1.53 bits per heavy atom. The van der Waals surface area contributed by atoms with E-state index in [2.05, 4.69) is 22.6 Å². The van der Waals surface area contributed by atoms with Crippen LogP contribution in [0.5, 0.6) is 0 Å². The predicted octanol–water partition coefficient (Wildman–Crippen LogP) is 1.38. The molecule has 17 heavy (non-hydrogen) atoms. The van der Waals surface area contributed by atoms with Crippen molar-refractivity contribution in [3.05, 3.63) is 11.9 Å². The van der Waals surface area contributed by atoms with Gasteiger partial charge in [0.25, 0.3) is 0 Å². The van der Waals surface area contributed by atoms with E-state index >= 15 is 0 Å². The van der Waals surface area contributed by atoms with Crippen LogP contribution in [0.15, 0.2) is 6.20 Å². The van der Waals surface area contributed by atoms with Gasteiger partial charge >= 0.3 is 0 Å². The maximum atomic E-state index is 5.42. The standard InChI is InChI=1S/C12H22N4O/c1-3-6-16-11(9-14-15-16)12(13-2)10-4-7-17-8-5-10/h9-10,12-13H,3-8H2,1-2H3. The average Bonchev–Trinajstić information content (AvgIpc) is 2.81. The average molecular weight is 238 g/mol. The molecule has 5 heteroatoms. The van der Waals surface area contributed by atoms with Crippen molar-refractivity contribution in [1.82, 2.24) is 20.3 Å². The minimum Gasteiger partial charge on any atom is -0.381 e. The highest BCUT2D eigenvalue weighted by Gasteiger charge is 2.26. The Morgan fingerprint density at radius 3 is 2.94 bits per heavy atom. The van der Waals surface area contributed by atoms with Gasteiger partial charge in [-0.3, -0.25) is 0 Å². The number of ether oxygens (including phenoxy) is 1. The molecule has 0 spiro atoms. The Bertz CT molecular complexity index is 333. The highest BCUT2D eigenvalue weighted by molar-refractivity contribution is 5.04. The molecule has 0 bridgehead atoms. The van der Waals surface area contributed by atoms with E-state index in [1.165, 1.54) is 5.69 Å². The van der Waals surface area contributed by atoms with E-state index in [0.717, 1.165) is 39.0 Å². The first-order valence-electron chi connectivity index (χ1n) is 6.50. The van der Waals surface area contributed by atoms with E-state index in [-0.39, 0.29) is 0 Å². The molecule has 2 rings (SSSR count). The summed E-state index contributed by atoms with van der Waals surface area (Å²) in [5, 5.41) is 11.6. The Balaban J connectivity index is 2.12. The monoisotopic (exact) mass is 238 g/mol. The van der Waals surface area contributed by atoms with Crippen LogP contribution in [0.1, 0.15) is 37.9 Å². The van der Waals surface area contributed by atoms with Crippen molar-refractivity contribution in [3.8, 4) is 0 Å². The van der Waals surface area contributed by atoms with Crippen molar-refractivity contribution in [2.45, 2.75) is 38.8 Å². The summed E-state index contributed by atoms with van der Waals surface area (Å²) in [7, 11) is 2.02. The zero-order valence-electron chi connectivity index (χ0n) is 10.7. The van der Waals surface area contributed by atoms with Gasteiger partial charge in [-0.2, -0.15) is 0 Å². The van der Waals surface area contributed by atoms with Crippen molar-refractivity contribution in [2.24, 2.45) is 5.92 Å². The van der Waals surface area contributed by atoms with Crippen LogP contribution in [0, 0.1) is 5.92 Å². The van der Waals surface area contributed by atoms with Gasteiger partial charge in [0, 0.05) is 19.8 Å². The van der Waals surface area contributed by atoms with Gasteiger partial charge in [0.2, 0.25) is 0 Å². The molecule has 0 aliphatic carbocycles. The van der Waals surface area contributed by atoms with E-state index in [4.69, 9.17) is 4.74 Å². The summed E-state index contributed by atoms with van der Waals surface area (Å²) < 4.78 is 7.45. The van der Waals surface area contributed by atoms with E-state index in [1.807, 2.05) is 17.9 Å². The topological polar surface area (TPSA) is 52.0 Å². The molecular weight excluding hydrogens is 216 g/mol. The molecular formula is C12H22N4O. The molecule has 0 aromatic carbocycles. The summed E-state index contributed by atoms with van der Waals surface area (Å²) in [5.74, 6) is 0.628. The molecule has 1 aromatic rings. The molecule has 96 valence electrons. The Morgan fingerprint density at radius 2 is 2.29 bits per heavy atom. The molecule has 1 N–H and O–H groups in total. The van der Waals surface area contributed by atoms with Crippen molar-refractivity contribution in [2.75, 3.05) is 20.3 Å². The van der Waals surface area contributed by atoms with Gasteiger partial charge in [0.05, 0.1) is 17.9 Å². The van der Waals surface area contributed by atoms with Crippen LogP contribution in [0.25, 0.3) is 0 Å². The molecule has 0 radical (unpaired) electrons. The number of nitrogens with one attached hydrogen (secondary N) is 1. The Labute approximate surface area is 103 Å². The molecule has 0 amide bonds. The lowest BCUT2D eigenvalue weighted by atomic mass is 9.90. The summed E-state index contributed by atoms with van der Waals surface area (Å²) in [5.41, 5.74) is 1.21. The summed E-state index contributed by atoms with van der Waals surface area (Å²) in [6, 6.07) is 0.348. The van der Waals surface area contributed by atoms with Crippen molar-refractivity contribution < 1.29 is 4.74 Å². The van der Waals surface area contributed by atoms with Gasteiger partial charge in [-0.05, 0) is 32.2 Å². The van der Waals surface area contributed by atoms with Gasteiger partial charge in [0.1, 0.15) is 0 Å². The minimum absolute atomic E-state index is 0.348. The van der Waals surface area contributed by atoms with E-state index < -0.39 is 0 Å². The molecule has 1 aromatic heterocycles. The smallest absolute Gasteiger partial charge is 0.0759 e. The van der Waals surface area contributed by atoms with Crippen LogP contribution in [0.4, 0.5) is 0 Å². The van der Waals surface area contributed by atoms with Crippen LogP contribution in [-0.2, 0) is 11.3 Å². The molecule has 1 saturated heterocycles. The highest BCUT2D eigenvalue weighted by Crippen LogP contribution is 2.29. The quantitative estimate of drug-likeness (QED) is 0.842. The molecule has 1 unspecified atom stereocenters. The second-order valence-electron chi connectivity index (χ2n) is 4.60. The normalized spacial score (nSPS) is 19.4. The zero-order valence-corrected chi connectivity index (χ0v) is 10.7. The van der Waals surface area contributed by atoms with E-state index in [9.17, 15) is 0 Å². The first-order chi connectivity index (χ1) is 8.36. The van der Waals surface area contributed by atoms with Crippen LogP contribution in [0.2, 0.25) is 0 Å². The van der Waals surface area contributed by atoms with Crippen molar-refractivity contribution in [1.29, 1.82) is 0 Å². The number of aromatic nitrogens is 3. The van der Waals surface area contributed by atoms with E-state index in [0.29, 0.717) is 12.0 Å². The molecule has 1 atom stereocenters. The minimum atomic E-state index is 0.348. The van der Waals surface area contributed by atoms with Gasteiger partial charge in [-0.15, -0.1) is 5.10 Å². The maximum absolute atomic E-state index is 5.42. The third-order valence-corrected chi connectivity index (χ3v) is 3.45. The van der Waals surface area contributed by atoms with Crippen molar-refractivity contribution >= 4 is 0 Å². The summed E-state index contributed by atoms with van der Waals surface area (Å²) in [6.07, 6.45) is 5.21. The van der Waals surface area contributed by atoms with Gasteiger partial charge < -0.3 is 10.1 Å². The second-order valence-corrected chi connectivity index (χ2v) is 4.60. The third-order valence-electron chi connectivity index (χ3n) is 3.45.